The molecule has 0 saturated carbocycles. The van der Waals surface area contributed by atoms with Gasteiger partial charge in [0, 0.05) is 17.7 Å². The molecule has 1 saturated heterocycles. The number of hydrogen-bond donors (Lipinski definition) is 4. The van der Waals surface area contributed by atoms with Crippen molar-refractivity contribution in [2.45, 2.75) is 35.6 Å². The summed E-state index contributed by atoms with van der Waals surface area (Å²) in [6.45, 7) is 0. The topological polar surface area (TPSA) is 195 Å². The van der Waals surface area contributed by atoms with Gasteiger partial charge in [-0.25, -0.2) is 13.2 Å². The smallest absolute Gasteiger partial charge is 0.340 e. The van der Waals surface area contributed by atoms with Crippen molar-refractivity contribution < 1.29 is 52.5 Å². The largest absolute Gasteiger partial charge is 0.744 e. The van der Waals surface area contributed by atoms with Crippen LogP contribution >= 0.6 is 0 Å². The highest BCUT2D eigenvalue weighted by Crippen LogP contribution is 2.35. The lowest BCUT2D eigenvalue weighted by atomic mass is 9.91. The molecule has 11 nitrogen and oxygen atoms in total. The number of carbonyl (C=O) groups excluding carboxylic acids is 1. The van der Waals surface area contributed by atoms with Gasteiger partial charge in [0.25, 0.3) is 0 Å². The minimum absolute atomic E-state index is 0.0189. The Labute approximate surface area is 211 Å². The highest BCUT2D eigenvalue weighted by atomic mass is 32.2. The van der Waals surface area contributed by atoms with E-state index in [1.54, 1.807) is 18.2 Å². The highest BCUT2D eigenvalue weighted by molar-refractivity contribution is 7.85. The minimum Gasteiger partial charge on any atom is -0.744 e. The van der Waals surface area contributed by atoms with E-state index in [2.05, 4.69) is 0 Å². The molecular formula is C25H22O11S. The third kappa shape index (κ3) is 5.54. The second kappa shape index (κ2) is 10.4. The van der Waals surface area contributed by atoms with E-state index in [-0.39, 0.29) is 17.1 Å². The van der Waals surface area contributed by atoms with Crippen LogP contribution in [0.5, 0.6) is 5.75 Å². The normalized spacial score (nSPS) is 25.7. The number of aliphatic hydroxyl groups is 3. The first-order chi connectivity index (χ1) is 17.5. The number of carbonyl (C=O) groups is 1. The summed E-state index contributed by atoms with van der Waals surface area (Å²) in [7, 11) is -4.84. The van der Waals surface area contributed by atoms with Gasteiger partial charge in [0.2, 0.25) is 6.29 Å². The summed E-state index contributed by atoms with van der Waals surface area (Å²) >= 11 is 0. The first-order valence-electron chi connectivity index (χ1n) is 10.9. The van der Waals surface area contributed by atoms with Gasteiger partial charge in [0.1, 0.15) is 34.2 Å². The predicted octanol–water partition coefficient (Wildman–Crippen LogP) is 0.334. The molecule has 1 heterocycles. The van der Waals surface area contributed by atoms with E-state index >= 15 is 0 Å². The molecule has 2 aromatic carbocycles. The van der Waals surface area contributed by atoms with Gasteiger partial charge in [-0.05, 0) is 47.1 Å². The molecule has 5 atom stereocenters. The van der Waals surface area contributed by atoms with Crippen molar-refractivity contribution in [3.05, 3.63) is 89.5 Å². The van der Waals surface area contributed by atoms with Crippen molar-refractivity contribution in [3.8, 4) is 5.75 Å². The molecule has 0 spiro atoms. The third-order valence-electron chi connectivity index (χ3n) is 5.79. The monoisotopic (exact) mass is 530 g/mol. The van der Waals surface area contributed by atoms with Crippen LogP contribution in [0.15, 0.2) is 83.3 Å². The second-order valence-electron chi connectivity index (χ2n) is 8.25. The predicted molar refractivity (Wildman–Crippen MR) is 127 cm³/mol. The number of carboxylic acids is 1. The summed E-state index contributed by atoms with van der Waals surface area (Å²) in [6, 6.07) is 11.6. The Morgan fingerprint density at radius 2 is 1.54 bits per heavy atom. The summed E-state index contributed by atoms with van der Waals surface area (Å²) in [6.07, 6.45) is -2.99. The molecule has 1 aliphatic heterocycles. The Hall–Kier alpha value is -3.65. The molecule has 194 valence electrons. The summed E-state index contributed by atoms with van der Waals surface area (Å²) in [4.78, 5) is 20.6. The molecule has 0 amide bonds. The molecule has 12 heteroatoms. The zero-order valence-corrected chi connectivity index (χ0v) is 19.7. The number of hydrogen-bond acceptors (Lipinski definition) is 9. The Kier molecular flexibility index (Phi) is 7.41. The van der Waals surface area contributed by atoms with E-state index in [1.165, 1.54) is 54.6 Å². The number of ketones is 1. The SMILES string of the molecule is O=C(O)[C@H]1OC(Oc2ccc(C(=C3C=CC(=[OH+])C=C3)c3ccccc3S(=O)(=O)[O-])cc2)[C@H](O)[C@@H](O)[C@@H]1O. The Balaban J connectivity index is 1.71. The number of carboxylic acid groups (broad SMARTS) is 1. The van der Waals surface area contributed by atoms with Crippen LogP contribution in [-0.2, 0) is 19.6 Å². The number of allylic oxidation sites excluding steroid dienone is 5. The third-order valence-corrected chi connectivity index (χ3v) is 6.68. The number of aliphatic hydroxyl groups excluding tert-OH is 3. The molecular weight excluding hydrogens is 508 g/mol. The highest BCUT2D eigenvalue weighted by Gasteiger charge is 2.48. The quantitative estimate of drug-likeness (QED) is 0.299. The second-order valence-corrected chi connectivity index (χ2v) is 9.60. The molecule has 2 aromatic rings. The molecule has 1 fully saturated rings. The zero-order valence-electron chi connectivity index (χ0n) is 18.9. The molecule has 0 aromatic heterocycles. The summed E-state index contributed by atoms with van der Waals surface area (Å²) in [5, 5.41) is 39.2. The average Bonchev–Trinajstić information content (AvgIpc) is 2.86. The van der Waals surface area contributed by atoms with Crippen molar-refractivity contribution >= 4 is 27.4 Å². The van der Waals surface area contributed by atoms with Crippen LogP contribution in [0.25, 0.3) is 5.57 Å². The van der Waals surface area contributed by atoms with Crippen LogP contribution in [0.2, 0.25) is 0 Å². The number of ether oxygens (including phenoxy) is 2. The molecule has 0 radical (unpaired) electrons. The lowest BCUT2D eigenvalue weighted by Crippen LogP contribution is -2.61. The first kappa shape index (κ1) is 26.4. The lowest BCUT2D eigenvalue weighted by Gasteiger charge is -2.38. The summed E-state index contributed by atoms with van der Waals surface area (Å²) < 4.78 is 46.5. The van der Waals surface area contributed by atoms with E-state index in [0.717, 1.165) is 0 Å². The van der Waals surface area contributed by atoms with E-state index in [1.807, 2.05) is 0 Å². The van der Waals surface area contributed by atoms with Crippen LogP contribution in [0.4, 0.5) is 0 Å². The Bertz CT molecular complexity index is 1390. The molecule has 37 heavy (non-hydrogen) atoms. The van der Waals surface area contributed by atoms with E-state index < -0.39 is 51.7 Å². The van der Waals surface area contributed by atoms with Gasteiger partial charge in [0.15, 0.2) is 6.10 Å². The van der Waals surface area contributed by atoms with Crippen molar-refractivity contribution in [2.75, 3.05) is 0 Å². The fraction of sp³-hybridized carbons (Fsp3) is 0.200. The molecule has 2 aliphatic rings. The lowest BCUT2D eigenvalue weighted by molar-refractivity contribution is -0.271. The van der Waals surface area contributed by atoms with E-state index in [0.29, 0.717) is 16.7 Å². The fourth-order valence-corrected chi connectivity index (χ4v) is 4.67. The van der Waals surface area contributed by atoms with Crippen LogP contribution in [0.1, 0.15) is 11.1 Å². The minimum atomic E-state index is -4.84. The van der Waals surface area contributed by atoms with Crippen molar-refractivity contribution in [1.82, 2.24) is 0 Å². The van der Waals surface area contributed by atoms with Gasteiger partial charge < -0.3 is 34.5 Å². The van der Waals surface area contributed by atoms with Crippen LogP contribution in [0, 0.1) is 0 Å². The molecule has 0 bridgehead atoms. The standard InChI is InChI=1S/C25H22O11S/c26-15-9-5-13(6-10-15)19(17-3-1-2-4-18(17)37(32,33)34)14-7-11-16(12-8-14)35-25-22(29)20(27)21(28)23(36-25)24(30)31/h1-12,20-23,25,27-29H,(H,30,31)(H,32,33,34)/t20-,21-,22+,23-,25?/m0/s1. The maximum absolute atomic E-state index is 12.0. The van der Waals surface area contributed by atoms with Crippen LogP contribution in [0.3, 0.4) is 0 Å². The van der Waals surface area contributed by atoms with Gasteiger partial charge in [-0.2, -0.15) is 0 Å². The number of benzene rings is 2. The molecule has 5 N–H and O–H groups in total. The van der Waals surface area contributed by atoms with Gasteiger partial charge in [-0.15, -0.1) is 0 Å². The molecule has 4 rings (SSSR count). The van der Waals surface area contributed by atoms with Crippen molar-refractivity contribution in [2.24, 2.45) is 0 Å². The Morgan fingerprint density at radius 3 is 2.14 bits per heavy atom. The fourth-order valence-electron chi connectivity index (χ4n) is 3.98. The van der Waals surface area contributed by atoms with Crippen LogP contribution < -0.4 is 4.74 Å². The maximum Gasteiger partial charge on any atom is 0.340 e. The summed E-state index contributed by atoms with van der Waals surface area (Å²) in [5.41, 5.74) is 1.44. The number of rotatable bonds is 6. The van der Waals surface area contributed by atoms with Crippen molar-refractivity contribution in [3.63, 3.8) is 0 Å². The van der Waals surface area contributed by atoms with Gasteiger partial charge in [-0.3, -0.25) is 4.79 Å². The van der Waals surface area contributed by atoms with E-state index in [9.17, 15) is 43.0 Å². The van der Waals surface area contributed by atoms with Gasteiger partial charge >= 0.3 is 11.8 Å². The van der Waals surface area contributed by atoms with Crippen molar-refractivity contribution in [1.29, 1.82) is 0 Å². The molecule has 1 aliphatic carbocycles. The first-order valence-corrected chi connectivity index (χ1v) is 12.3. The average molecular weight is 531 g/mol. The summed E-state index contributed by atoms with van der Waals surface area (Å²) in [5.74, 6) is -1.48. The van der Waals surface area contributed by atoms with Gasteiger partial charge in [0.05, 0.1) is 4.90 Å². The maximum atomic E-state index is 12.0. The number of aliphatic carboxylic acids is 1. The van der Waals surface area contributed by atoms with Crippen LogP contribution in [-0.4, -0.2) is 80.6 Å². The Morgan fingerprint density at radius 1 is 0.919 bits per heavy atom. The zero-order chi connectivity index (χ0) is 26.9. The molecule has 1 unspecified atom stereocenters. The van der Waals surface area contributed by atoms with E-state index in [4.69, 9.17) is 9.47 Å². The van der Waals surface area contributed by atoms with Gasteiger partial charge in [-0.1, -0.05) is 30.3 Å².